The predicted molar refractivity (Wildman–Crippen MR) is 73.5 cm³/mol. The standard InChI is InChI=1S/C14H22ClNO/c1-5-14(2,16(3)4)13(17)10-11-8-6-7-9-12(11)15/h6-9,13,17H,5,10H2,1-4H3. The van der Waals surface area contributed by atoms with E-state index < -0.39 is 6.10 Å². The maximum absolute atomic E-state index is 10.4. The highest BCUT2D eigenvalue weighted by molar-refractivity contribution is 6.31. The Kier molecular flexibility index (Phi) is 4.99. The third-order valence-electron chi connectivity index (χ3n) is 3.83. The summed E-state index contributed by atoms with van der Waals surface area (Å²) in [5.41, 5.74) is 0.780. The van der Waals surface area contributed by atoms with Crippen molar-refractivity contribution in [1.82, 2.24) is 4.90 Å². The molecule has 0 aliphatic heterocycles. The molecule has 0 bridgehead atoms. The zero-order chi connectivity index (χ0) is 13.1. The van der Waals surface area contributed by atoms with E-state index in [4.69, 9.17) is 11.6 Å². The second-order valence-corrected chi connectivity index (χ2v) is 5.32. The summed E-state index contributed by atoms with van der Waals surface area (Å²) in [6.45, 7) is 4.17. The van der Waals surface area contributed by atoms with Crippen molar-refractivity contribution in [2.24, 2.45) is 0 Å². The van der Waals surface area contributed by atoms with E-state index in [2.05, 4.69) is 18.7 Å². The highest BCUT2D eigenvalue weighted by Gasteiger charge is 2.33. The molecule has 0 aliphatic carbocycles. The number of aliphatic hydroxyl groups is 1. The van der Waals surface area contributed by atoms with Crippen LogP contribution in [-0.4, -0.2) is 35.7 Å². The summed E-state index contributed by atoms with van der Waals surface area (Å²) in [5.74, 6) is 0. The van der Waals surface area contributed by atoms with Gasteiger partial charge in [0.15, 0.2) is 0 Å². The van der Waals surface area contributed by atoms with E-state index in [9.17, 15) is 5.11 Å². The zero-order valence-corrected chi connectivity index (χ0v) is 11.8. The van der Waals surface area contributed by atoms with Crippen molar-refractivity contribution < 1.29 is 5.11 Å². The normalized spacial score (nSPS) is 16.9. The van der Waals surface area contributed by atoms with Gasteiger partial charge in [-0.15, -0.1) is 0 Å². The van der Waals surface area contributed by atoms with Crippen LogP contribution in [0.15, 0.2) is 24.3 Å². The predicted octanol–water partition coefficient (Wildman–Crippen LogP) is 2.97. The van der Waals surface area contributed by atoms with Gasteiger partial charge < -0.3 is 10.0 Å². The molecule has 2 unspecified atom stereocenters. The molecule has 0 saturated heterocycles. The number of halogens is 1. The topological polar surface area (TPSA) is 23.5 Å². The van der Waals surface area contributed by atoms with E-state index in [1.165, 1.54) is 0 Å². The summed E-state index contributed by atoms with van der Waals surface area (Å²) >= 11 is 6.12. The fourth-order valence-corrected chi connectivity index (χ4v) is 2.15. The highest BCUT2D eigenvalue weighted by Crippen LogP contribution is 2.26. The summed E-state index contributed by atoms with van der Waals surface area (Å²) in [6.07, 6.45) is 1.05. The average Bonchev–Trinajstić information content (AvgIpc) is 2.30. The lowest BCUT2D eigenvalue weighted by Gasteiger charge is -2.40. The first-order valence-electron chi connectivity index (χ1n) is 6.00. The van der Waals surface area contributed by atoms with Gasteiger partial charge in [0.05, 0.1) is 6.10 Å². The molecule has 1 aromatic rings. The molecule has 0 saturated carbocycles. The quantitative estimate of drug-likeness (QED) is 0.875. The highest BCUT2D eigenvalue weighted by atomic mass is 35.5. The zero-order valence-electron chi connectivity index (χ0n) is 11.1. The Bertz CT molecular complexity index is 367. The van der Waals surface area contributed by atoms with Crippen LogP contribution in [0.4, 0.5) is 0 Å². The minimum Gasteiger partial charge on any atom is -0.391 e. The van der Waals surface area contributed by atoms with E-state index in [1.807, 2.05) is 38.4 Å². The van der Waals surface area contributed by atoms with Crippen LogP contribution in [-0.2, 0) is 6.42 Å². The van der Waals surface area contributed by atoms with Gasteiger partial charge in [-0.2, -0.15) is 0 Å². The Labute approximate surface area is 109 Å². The van der Waals surface area contributed by atoms with Crippen LogP contribution in [0.25, 0.3) is 0 Å². The van der Waals surface area contributed by atoms with Gasteiger partial charge in [0.25, 0.3) is 0 Å². The van der Waals surface area contributed by atoms with Gasteiger partial charge in [-0.25, -0.2) is 0 Å². The van der Waals surface area contributed by atoms with Crippen LogP contribution < -0.4 is 0 Å². The third kappa shape index (κ3) is 3.21. The molecule has 0 radical (unpaired) electrons. The molecule has 0 spiro atoms. The van der Waals surface area contributed by atoms with E-state index in [-0.39, 0.29) is 5.54 Å². The fourth-order valence-electron chi connectivity index (χ4n) is 1.94. The Balaban J connectivity index is 2.85. The molecule has 1 rings (SSSR count). The van der Waals surface area contributed by atoms with Gasteiger partial charge in [0.1, 0.15) is 0 Å². The minimum absolute atomic E-state index is 0.223. The lowest BCUT2D eigenvalue weighted by Crippen LogP contribution is -2.51. The van der Waals surface area contributed by atoms with Gasteiger partial charge in [0, 0.05) is 17.0 Å². The molecule has 0 aliphatic rings. The lowest BCUT2D eigenvalue weighted by molar-refractivity contribution is 0.00302. The van der Waals surface area contributed by atoms with Crippen LogP contribution in [0.2, 0.25) is 5.02 Å². The Morgan fingerprint density at radius 3 is 2.41 bits per heavy atom. The van der Waals surface area contributed by atoms with Crippen molar-refractivity contribution in [2.45, 2.75) is 38.3 Å². The van der Waals surface area contributed by atoms with Crippen LogP contribution in [0.1, 0.15) is 25.8 Å². The molecule has 3 heteroatoms. The summed E-state index contributed by atoms with van der Waals surface area (Å²) in [7, 11) is 4.00. The van der Waals surface area contributed by atoms with Gasteiger partial charge in [-0.1, -0.05) is 36.7 Å². The third-order valence-corrected chi connectivity index (χ3v) is 4.20. The van der Waals surface area contributed by atoms with Gasteiger partial charge in [0.2, 0.25) is 0 Å². The number of aliphatic hydroxyl groups excluding tert-OH is 1. The maximum atomic E-state index is 10.4. The number of nitrogens with zero attached hydrogens (tertiary/aromatic N) is 1. The minimum atomic E-state index is -0.428. The Morgan fingerprint density at radius 2 is 1.94 bits per heavy atom. The van der Waals surface area contributed by atoms with Crippen molar-refractivity contribution in [2.75, 3.05) is 14.1 Å². The molecule has 17 heavy (non-hydrogen) atoms. The average molecular weight is 256 g/mol. The Hall–Kier alpha value is -0.570. The molecule has 1 aromatic carbocycles. The van der Waals surface area contributed by atoms with Gasteiger partial charge >= 0.3 is 0 Å². The molecule has 2 nitrogen and oxygen atoms in total. The van der Waals surface area contributed by atoms with Crippen molar-refractivity contribution in [3.05, 3.63) is 34.9 Å². The number of hydrogen-bond acceptors (Lipinski definition) is 2. The SMILES string of the molecule is CCC(C)(C(O)Cc1ccccc1Cl)N(C)C. The first-order valence-corrected chi connectivity index (χ1v) is 6.38. The molecule has 0 fully saturated rings. The second kappa shape index (κ2) is 5.85. The summed E-state index contributed by atoms with van der Waals surface area (Å²) in [6, 6.07) is 7.69. The van der Waals surface area contributed by atoms with Gasteiger partial charge in [-0.3, -0.25) is 0 Å². The second-order valence-electron chi connectivity index (χ2n) is 4.92. The largest absolute Gasteiger partial charge is 0.391 e. The molecular weight excluding hydrogens is 234 g/mol. The van der Waals surface area contributed by atoms with Crippen molar-refractivity contribution >= 4 is 11.6 Å². The van der Waals surface area contributed by atoms with Gasteiger partial charge in [-0.05, 0) is 39.1 Å². The smallest absolute Gasteiger partial charge is 0.0761 e. The molecule has 2 atom stereocenters. The summed E-state index contributed by atoms with van der Waals surface area (Å²) in [5, 5.41) is 11.1. The molecule has 0 aromatic heterocycles. The fraction of sp³-hybridized carbons (Fsp3) is 0.571. The number of likely N-dealkylation sites (N-methyl/N-ethyl adjacent to an activating group) is 1. The molecule has 1 N–H and O–H groups in total. The number of rotatable bonds is 5. The first-order chi connectivity index (χ1) is 7.91. The Morgan fingerprint density at radius 1 is 1.35 bits per heavy atom. The lowest BCUT2D eigenvalue weighted by atomic mass is 9.86. The van der Waals surface area contributed by atoms with Crippen molar-refractivity contribution in [3.63, 3.8) is 0 Å². The number of hydrogen-bond donors (Lipinski definition) is 1. The van der Waals surface area contributed by atoms with E-state index in [1.54, 1.807) is 0 Å². The van der Waals surface area contributed by atoms with Crippen LogP contribution in [0.5, 0.6) is 0 Å². The van der Waals surface area contributed by atoms with Crippen molar-refractivity contribution in [1.29, 1.82) is 0 Å². The van der Waals surface area contributed by atoms with Crippen LogP contribution in [0, 0.1) is 0 Å². The van der Waals surface area contributed by atoms with E-state index >= 15 is 0 Å². The number of benzene rings is 1. The van der Waals surface area contributed by atoms with Crippen LogP contribution >= 0.6 is 11.6 Å². The van der Waals surface area contributed by atoms with E-state index in [0.29, 0.717) is 6.42 Å². The summed E-state index contributed by atoms with van der Waals surface area (Å²) < 4.78 is 0. The molecule has 0 amide bonds. The first kappa shape index (κ1) is 14.5. The molecular formula is C14H22ClNO. The van der Waals surface area contributed by atoms with Crippen LogP contribution in [0.3, 0.4) is 0 Å². The summed E-state index contributed by atoms with van der Waals surface area (Å²) in [4.78, 5) is 2.08. The van der Waals surface area contributed by atoms with Crippen molar-refractivity contribution in [3.8, 4) is 0 Å². The maximum Gasteiger partial charge on any atom is 0.0761 e. The molecule has 96 valence electrons. The molecule has 0 heterocycles. The van der Waals surface area contributed by atoms with E-state index in [0.717, 1.165) is 17.0 Å². The monoisotopic (exact) mass is 255 g/mol.